The third kappa shape index (κ3) is 3.29. The van der Waals surface area contributed by atoms with Crippen LogP contribution in [0.25, 0.3) is 0 Å². The minimum Gasteiger partial charge on any atom is -0.465 e. The summed E-state index contributed by atoms with van der Waals surface area (Å²) in [5.41, 5.74) is 2.01. The molecule has 0 saturated heterocycles. The number of furan rings is 1. The van der Waals surface area contributed by atoms with Crippen molar-refractivity contribution in [3.8, 4) is 0 Å². The first-order chi connectivity index (χ1) is 11.5. The number of nitrogens with zero attached hydrogens (tertiary/aromatic N) is 1. The zero-order valence-electron chi connectivity index (χ0n) is 14.3. The number of hydrogen-bond acceptors (Lipinski definition) is 5. The molecule has 6 heteroatoms. The summed E-state index contributed by atoms with van der Waals surface area (Å²) in [5.74, 6) is 1.02. The minimum atomic E-state index is -0.209. The first kappa shape index (κ1) is 16.9. The van der Waals surface area contributed by atoms with Crippen molar-refractivity contribution < 1.29 is 14.0 Å². The second kappa shape index (κ2) is 6.89. The number of hydrogen-bond donors (Lipinski definition) is 1. The largest absolute Gasteiger partial charge is 0.465 e. The molecule has 2 aromatic rings. The summed E-state index contributed by atoms with van der Waals surface area (Å²) in [6.07, 6.45) is 3.70. The fourth-order valence-corrected chi connectivity index (χ4v) is 4.03. The molecule has 0 spiro atoms. The van der Waals surface area contributed by atoms with Gasteiger partial charge in [-0.3, -0.25) is 9.59 Å². The number of fused-ring (bicyclic) bond motifs is 1. The van der Waals surface area contributed by atoms with Gasteiger partial charge in [-0.1, -0.05) is 0 Å². The van der Waals surface area contributed by atoms with Crippen LogP contribution in [-0.2, 0) is 12.8 Å². The predicted molar refractivity (Wildman–Crippen MR) is 93.0 cm³/mol. The van der Waals surface area contributed by atoms with E-state index in [0.29, 0.717) is 35.6 Å². The number of aromatic nitrogens is 1. The van der Waals surface area contributed by atoms with Crippen molar-refractivity contribution >= 4 is 23.0 Å². The Kier molecular flexibility index (Phi) is 4.85. The minimum absolute atomic E-state index is 0.0204. The van der Waals surface area contributed by atoms with Crippen molar-refractivity contribution in [3.05, 3.63) is 38.2 Å². The van der Waals surface area contributed by atoms with E-state index < -0.39 is 0 Å². The van der Waals surface area contributed by atoms with Crippen LogP contribution in [0.2, 0.25) is 0 Å². The molecular weight excluding hydrogens is 324 g/mol. The molecule has 1 aliphatic carbocycles. The number of aryl methyl sites for hydroxylation is 5. The average Bonchev–Trinajstić information content (AvgIpc) is 3.03. The van der Waals surface area contributed by atoms with Crippen LogP contribution < -0.4 is 5.32 Å². The Balaban J connectivity index is 1.60. The highest BCUT2D eigenvalue weighted by atomic mass is 32.1. The van der Waals surface area contributed by atoms with Crippen LogP contribution in [0.4, 0.5) is 0 Å². The van der Waals surface area contributed by atoms with Crippen molar-refractivity contribution in [1.29, 1.82) is 0 Å². The Labute approximate surface area is 145 Å². The van der Waals surface area contributed by atoms with Gasteiger partial charge in [-0.15, -0.1) is 11.3 Å². The number of carbonyl (C=O) groups excluding carboxylic acids is 2. The van der Waals surface area contributed by atoms with Gasteiger partial charge in [0.15, 0.2) is 5.78 Å². The molecule has 0 bridgehead atoms. The molecule has 0 fully saturated rings. The van der Waals surface area contributed by atoms with Crippen LogP contribution in [0.15, 0.2) is 4.42 Å². The maximum Gasteiger partial charge on any atom is 0.255 e. The van der Waals surface area contributed by atoms with Gasteiger partial charge in [-0.2, -0.15) is 0 Å². The molecular formula is C18H22N2O3S. The zero-order valence-corrected chi connectivity index (χ0v) is 15.1. The van der Waals surface area contributed by atoms with Gasteiger partial charge in [0.2, 0.25) is 0 Å². The molecule has 0 aromatic carbocycles. The van der Waals surface area contributed by atoms with Crippen molar-refractivity contribution in [2.24, 2.45) is 0 Å². The normalized spacial score (nSPS) is 13.9. The van der Waals surface area contributed by atoms with Crippen LogP contribution in [0.5, 0.6) is 0 Å². The summed E-state index contributed by atoms with van der Waals surface area (Å²) in [7, 11) is 0. The summed E-state index contributed by atoms with van der Waals surface area (Å²) < 4.78 is 5.63. The highest BCUT2D eigenvalue weighted by Gasteiger charge is 2.30. The number of carbonyl (C=O) groups is 2. The standard InChI is InChI=1S/C18H22N2O3S/c1-10-12(3)24-15(20-10)8-5-9-19-18(22)16-11(2)23-14-7-4-6-13(21)17(14)16/h4-9H2,1-3H3,(H,19,22). The second-order valence-electron chi connectivity index (χ2n) is 6.22. The third-order valence-corrected chi connectivity index (χ3v) is 5.53. The van der Waals surface area contributed by atoms with Crippen LogP contribution in [0.1, 0.15) is 67.1 Å². The Hall–Kier alpha value is -1.95. The Morgan fingerprint density at radius 2 is 2.08 bits per heavy atom. The van der Waals surface area contributed by atoms with Crippen LogP contribution in [0, 0.1) is 20.8 Å². The van der Waals surface area contributed by atoms with Crippen molar-refractivity contribution in [3.63, 3.8) is 0 Å². The molecule has 1 aliphatic rings. The lowest BCUT2D eigenvalue weighted by molar-refractivity contribution is 0.0927. The quantitative estimate of drug-likeness (QED) is 0.841. The van der Waals surface area contributed by atoms with E-state index >= 15 is 0 Å². The van der Waals surface area contributed by atoms with E-state index in [2.05, 4.69) is 17.2 Å². The lowest BCUT2D eigenvalue weighted by Crippen LogP contribution is -2.27. The molecule has 0 unspecified atom stereocenters. The molecule has 24 heavy (non-hydrogen) atoms. The van der Waals surface area contributed by atoms with Crippen molar-refractivity contribution in [1.82, 2.24) is 10.3 Å². The zero-order chi connectivity index (χ0) is 17.3. The van der Waals surface area contributed by atoms with Crippen molar-refractivity contribution in [2.45, 2.75) is 52.9 Å². The smallest absolute Gasteiger partial charge is 0.255 e. The molecule has 0 saturated carbocycles. The lowest BCUT2D eigenvalue weighted by Gasteiger charge is -2.10. The van der Waals surface area contributed by atoms with E-state index in [4.69, 9.17) is 4.42 Å². The summed E-state index contributed by atoms with van der Waals surface area (Å²) in [4.78, 5) is 30.4. The number of ketones is 1. The fraction of sp³-hybridized carbons (Fsp3) is 0.500. The Morgan fingerprint density at radius 1 is 1.29 bits per heavy atom. The Bertz CT molecular complexity index is 769. The van der Waals surface area contributed by atoms with Crippen LogP contribution in [0.3, 0.4) is 0 Å². The Morgan fingerprint density at radius 3 is 2.79 bits per heavy atom. The monoisotopic (exact) mass is 346 g/mol. The second-order valence-corrected chi connectivity index (χ2v) is 7.50. The van der Waals surface area contributed by atoms with E-state index in [1.165, 1.54) is 4.88 Å². The van der Waals surface area contributed by atoms with Gasteiger partial charge in [0.25, 0.3) is 5.91 Å². The van der Waals surface area contributed by atoms with Crippen molar-refractivity contribution in [2.75, 3.05) is 6.54 Å². The van der Waals surface area contributed by atoms with Crippen LogP contribution in [-0.4, -0.2) is 23.2 Å². The summed E-state index contributed by atoms with van der Waals surface area (Å²) in [6.45, 7) is 6.39. The first-order valence-electron chi connectivity index (χ1n) is 8.34. The summed E-state index contributed by atoms with van der Waals surface area (Å²) in [6, 6.07) is 0. The van der Waals surface area contributed by atoms with Gasteiger partial charge >= 0.3 is 0 Å². The van der Waals surface area contributed by atoms with E-state index in [0.717, 1.165) is 36.4 Å². The topological polar surface area (TPSA) is 72.2 Å². The highest BCUT2D eigenvalue weighted by molar-refractivity contribution is 7.11. The summed E-state index contributed by atoms with van der Waals surface area (Å²) in [5, 5.41) is 4.02. The molecule has 1 N–H and O–H groups in total. The number of nitrogens with one attached hydrogen (secondary N) is 1. The number of Topliss-reactive ketones (excluding diaryl/α,β-unsaturated/α-hetero) is 1. The molecule has 3 rings (SSSR count). The molecule has 0 atom stereocenters. The van der Waals surface area contributed by atoms with E-state index in [1.54, 1.807) is 18.3 Å². The molecule has 1 amide bonds. The van der Waals surface area contributed by atoms with Gasteiger partial charge in [0.05, 0.1) is 21.8 Å². The molecule has 0 radical (unpaired) electrons. The van der Waals surface area contributed by atoms with E-state index in [9.17, 15) is 9.59 Å². The first-order valence-corrected chi connectivity index (χ1v) is 9.15. The fourth-order valence-electron chi connectivity index (χ4n) is 3.06. The lowest BCUT2D eigenvalue weighted by atomic mass is 9.93. The number of thiazole rings is 1. The SMILES string of the molecule is Cc1nc(CCCNC(=O)c2c(C)oc3c2C(=O)CCC3)sc1C. The third-order valence-electron chi connectivity index (χ3n) is 4.40. The van der Waals surface area contributed by atoms with Crippen LogP contribution >= 0.6 is 11.3 Å². The van der Waals surface area contributed by atoms with Gasteiger partial charge in [0, 0.05) is 30.7 Å². The average molecular weight is 346 g/mol. The van der Waals surface area contributed by atoms with Gasteiger partial charge in [-0.25, -0.2) is 4.98 Å². The summed E-state index contributed by atoms with van der Waals surface area (Å²) >= 11 is 1.71. The van der Waals surface area contributed by atoms with Gasteiger partial charge < -0.3 is 9.73 Å². The maximum absolute atomic E-state index is 12.5. The number of rotatable bonds is 5. The molecule has 0 aliphatic heterocycles. The number of amides is 1. The maximum atomic E-state index is 12.5. The molecule has 128 valence electrons. The predicted octanol–water partition coefficient (Wildman–Crippen LogP) is 3.54. The van der Waals surface area contributed by atoms with Gasteiger partial charge in [-0.05, 0) is 33.6 Å². The molecule has 2 heterocycles. The molecule has 2 aromatic heterocycles. The van der Waals surface area contributed by atoms with E-state index in [1.807, 2.05) is 6.92 Å². The highest BCUT2D eigenvalue weighted by Crippen LogP contribution is 2.29. The van der Waals surface area contributed by atoms with E-state index in [-0.39, 0.29) is 11.7 Å². The molecule has 5 nitrogen and oxygen atoms in total. The van der Waals surface area contributed by atoms with Gasteiger partial charge in [0.1, 0.15) is 11.5 Å².